The van der Waals surface area contributed by atoms with Crippen LogP contribution in [0.2, 0.25) is 0 Å². The molecule has 17 heavy (non-hydrogen) atoms. The molecule has 0 spiro atoms. The number of anilines is 2. The lowest BCUT2D eigenvalue weighted by molar-refractivity contribution is 0.722. The molecular formula is C14H15N3. The number of fused-ring (bicyclic) bond motifs is 1. The first-order chi connectivity index (χ1) is 8.34. The predicted molar refractivity (Wildman–Crippen MR) is 69.8 cm³/mol. The summed E-state index contributed by atoms with van der Waals surface area (Å²) in [5.41, 5.74) is 9.54. The lowest BCUT2D eigenvalue weighted by Crippen LogP contribution is -2.31. The molecule has 1 aliphatic rings. The average molecular weight is 225 g/mol. The van der Waals surface area contributed by atoms with Gasteiger partial charge in [-0.3, -0.25) is 0 Å². The number of rotatable bonds is 1. The van der Waals surface area contributed by atoms with E-state index in [9.17, 15) is 0 Å². The molecule has 2 aromatic rings. The fourth-order valence-electron chi connectivity index (χ4n) is 2.38. The first kappa shape index (κ1) is 10.1. The summed E-state index contributed by atoms with van der Waals surface area (Å²) in [7, 11) is 0. The van der Waals surface area contributed by atoms with Gasteiger partial charge in [0, 0.05) is 25.0 Å². The van der Waals surface area contributed by atoms with Gasteiger partial charge >= 0.3 is 0 Å². The Morgan fingerprint density at radius 2 is 2.06 bits per heavy atom. The molecule has 2 N–H and O–H groups in total. The lowest BCUT2D eigenvalue weighted by atomic mass is 9.98. The average Bonchev–Trinajstić information content (AvgIpc) is 2.40. The van der Waals surface area contributed by atoms with Crippen LogP contribution in [0.15, 0.2) is 42.6 Å². The van der Waals surface area contributed by atoms with Gasteiger partial charge in [0.15, 0.2) is 0 Å². The third-order valence-electron chi connectivity index (χ3n) is 3.28. The van der Waals surface area contributed by atoms with Crippen molar-refractivity contribution in [3.8, 4) is 0 Å². The number of hydrogen-bond donors (Lipinski definition) is 1. The topological polar surface area (TPSA) is 42.1 Å². The smallest absolute Gasteiger partial charge is 0.128 e. The molecule has 3 heteroatoms. The van der Waals surface area contributed by atoms with Crippen molar-refractivity contribution in [3.05, 3.63) is 53.7 Å². The molecule has 1 aliphatic heterocycles. The minimum atomic E-state index is 0.900. The highest BCUT2D eigenvalue weighted by Crippen LogP contribution is 2.26. The van der Waals surface area contributed by atoms with Crippen molar-refractivity contribution in [3.63, 3.8) is 0 Å². The molecule has 0 fully saturated rings. The molecule has 86 valence electrons. The molecule has 1 aromatic carbocycles. The Labute approximate surface area is 101 Å². The van der Waals surface area contributed by atoms with Crippen molar-refractivity contribution < 1.29 is 0 Å². The number of benzene rings is 1. The standard InChI is InChI=1S/C14H15N3/c15-13-5-3-4-11-10-17(9-7-12(11)13)14-6-1-2-8-16-14/h1-6,8H,7,9-10,15H2. The van der Waals surface area contributed by atoms with Gasteiger partial charge in [0.05, 0.1) is 0 Å². The summed E-state index contributed by atoms with van der Waals surface area (Å²) in [6.07, 6.45) is 2.84. The van der Waals surface area contributed by atoms with Crippen LogP contribution >= 0.6 is 0 Å². The van der Waals surface area contributed by atoms with E-state index in [0.29, 0.717) is 0 Å². The molecule has 2 heterocycles. The Morgan fingerprint density at radius 1 is 1.12 bits per heavy atom. The van der Waals surface area contributed by atoms with E-state index in [2.05, 4.69) is 22.0 Å². The van der Waals surface area contributed by atoms with Gasteiger partial charge in [-0.25, -0.2) is 4.98 Å². The summed E-state index contributed by atoms with van der Waals surface area (Å²) in [5, 5.41) is 0. The molecule has 0 bridgehead atoms. The molecular weight excluding hydrogens is 210 g/mol. The van der Waals surface area contributed by atoms with Crippen LogP contribution in [0.5, 0.6) is 0 Å². The fraction of sp³-hybridized carbons (Fsp3) is 0.214. The van der Waals surface area contributed by atoms with Gasteiger partial charge in [0.1, 0.15) is 5.82 Å². The molecule has 0 aliphatic carbocycles. The molecule has 1 aromatic heterocycles. The number of nitrogen functional groups attached to an aromatic ring is 1. The summed E-state index contributed by atoms with van der Waals surface area (Å²) in [6, 6.07) is 12.2. The van der Waals surface area contributed by atoms with Crippen molar-refractivity contribution in [1.29, 1.82) is 0 Å². The first-order valence-electron chi connectivity index (χ1n) is 5.87. The van der Waals surface area contributed by atoms with Crippen LogP contribution in [0.1, 0.15) is 11.1 Å². The van der Waals surface area contributed by atoms with E-state index in [1.807, 2.05) is 30.5 Å². The van der Waals surface area contributed by atoms with E-state index in [4.69, 9.17) is 5.73 Å². The van der Waals surface area contributed by atoms with Crippen molar-refractivity contribution in [1.82, 2.24) is 4.98 Å². The first-order valence-corrected chi connectivity index (χ1v) is 5.87. The summed E-state index contributed by atoms with van der Waals surface area (Å²) >= 11 is 0. The van der Waals surface area contributed by atoms with Crippen molar-refractivity contribution in [2.45, 2.75) is 13.0 Å². The van der Waals surface area contributed by atoms with Crippen LogP contribution in [0, 0.1) is 0 Å². The van der Waals surface area contributed by atoms with E-state index in [0.717, 1.165) is 31.0 Å². The van der Waals surface area contributed by atoms with Gasteiger partial charge in [-0.15, -0.1) is 0 Å². The van der Waals surface area contributed by atoms with Gasteiger partial charge in [-0.2, -0.15) is 0 Å². The Balaban J connectivity index is 1.91. The van der Waals surface area contributed by atoms with E-state index in [1.165, 1.54) is 11.1 Å². The molecule has 0 radical (unpaired) electrons. The summed E-state index contributed by atoms with van der Waals surface area (Å²) in [6.45, 7) is 1.88. The van der Waals surface area contributed by atoms with Gasteiger partial charge in [-0.05, 0) is 35.7 Å². The summed E-state index contributed by atoms with van der Waals surface area (Å²) in [5.74, 6) is 1.04. The zero-order valence-corrected chi connectivity index (χ0v) is 9.63. The molecule has 0 atom stereocenters. The second kappa shape index (κ2) is 4.09. The third-order valence-corrected chi connectivity index (χ3v) is 3.28. The molecule has 0 saturated heterocycles. The SMILES string of the molecule is Nc1cccc2c1CCN(c1ccccn1)C2. The zero-order chi connectivity index (χ0) is 11.7. The highest BCUT2D eigenvalue weighted by molar-refractivity contribution is 5.55. The number of aromatic nitrogens is 1. The second-order valence-corrected chi connectivity index (χ2v) is 4.34. The number of nitrogens with two attached hydrogens (primary N) is 1. The van der Waals surface area contributed by atoms with Crippen LogP contribution < -0.4 is 10.6 Å². The molecule has 0 amide bonds. The van der Waals surface area contributed by atoms with Gasteiger partial charge in [0.25, 0.3) is 0 Å². The maximum atomic E-state index is 5.99. The van der Waals surface area contributed by atoms with Crippen LogP contribution in [0.3, 0.4) is 0 Å². The monoisotopic (exact) mass is 225 g/mol. The van der Waals surface area contributed by atoms with Crippen LogP contribution in [-0.2, 0) is 13.0 Å². The number of nitrogens with zero attached hydrogens (tertiary/aromatic N) is 2. The molecule has 3 nitrogen and oxygen atoms in total. The van der Waals surface area contributed by atoms with Crippen LogP contribution in [0.4, 0.5) is 11.5 Å². The quantitative estimate of drug-likeness (QED) is 0.757. The predicted octanol–water partition coefficient (Wildman–Crippen LogP) is 2.23. The Kier molecular flexibility index (Phi) is 2.44. The van der Waals surface area contributed by atoms with Gasteiger partial charge in [-0.1, -0.05) is 18.2 Å². The molecule has 0 unspecified atom stereocenters. The van der Waals surface area contributed by atoms with E-state index < -0.39 is 0 Å². The van der Waals surface area contributed by atoms with Crippen LogP contribution in [0.25, 0.3) is 0 Å². The number of hydrogen-bond acceptors (Lipinski definition) is 3. The second-order valence-electron chi connectivity index (χ2n) is 4.34. The molecule has 3 rings (SSSR count). The Hall–Kier alpha value is -2.03. The largest absolute Gasteiger partial charge is 0.398 e. The zero-order valence-electron chi connectivity index (χ0n) is 9.63. The van der Waals surface area contributed by atoms with Crippen LogP contribution in [-0.4, -0.2) is 11.5 Å². The summed E-state index contributed by atoms with van der Waals surface area (Å²) in [4.78, 5) is 6.69. The minimum Gasteiger partial charge on any atom is -0.398 e. The van der Waals surface area contributed by atoms with Crippen molar-refractivity contribution in [2.75, 3.05) is 17.2 Å². The minimum absolute atomic E-state index is 0.900. The summed E-state index contributed by atoms with van der Waals surface area (Å²) < 4.78 is 0. The van der Waals surface area contributed by atoms with Crippen molar-refractivity contribution >= 4 is 11.5 Å². The van der Waals surface area contributed by atoms with Gasteiger partial charge in [0.2, 0.25) is 0 Å². The highest BCUT2D eigenvalue weighted by Gasteiger charge is 2.18. The number of pyridine rings is 1. The van der Waals surface area contributed by atoms with E-state index in [1.54, 1.807) is 0 Å². The van der Waals surface area contributed by atoms with E-state index in [-0.39, 0.29) is 0 Å². The van der Waals surface area contributed by atoms with Gasteiger partial charge < -0.3 is 10.6 Å². The normalized spacial score (nSPS) is 14.5. The fourth-order valence-corrected chi connectivity index (χ4v) is 2.38. The lowest BCUT2D eigenvalue weighted by Gasteiger charge is -2.30. The highest BCUT2D eigenvalue weighted by atomic mass is 15.2. The maximum Gasteiger partial charge on any atom is 0.128 e. The maximum absolute atomic E-state index is 5.99. The third kappa shape index (κ3) is 1.84. The van der Waals surface area contributed by atoms with E-state index >= 15 is 0 Å². The van der Waals surface area contributed by atoms with Crippen molar-refractivity contribution in [2.24, 2.45) is 0 Å². The Morgan fingerprint density at radius 3 is 2.88 bits per heavy atom. The molecule has 0 saturated carbocycles. The Bertz CT molecular complexity index is 522.